The summed E-state index contributed by atoms with van der Waals surface area (Å²) < 4.78 is 7.44. The summed E-state index contributed by atoms with van der Waals surface area (Å²) in [5.41, 5.74) is 2.41. The fourth-order valence-electron chi connectivity index (χ4n) is 1.94. The van der Waals surface area contributed by atoms with Crippen LogP contribution in [0, 0.1) is 0 Å². The third-order valence-electron chi connectivity index (χ3n) is 2.95. The lowest BCUT2D eigenvalue weighted by Crippen LogP contribution is -2.08. The van der Waals surface area contributed by atoms with Crippen LogP contribution in [-0.2, 0) is 7.05 Å². The summed E-state index contributed by atoms with van der Waals surface area (Å²) in [6.45, 7) is 0. The monoisotopic (exact) mass is 357 g/mol. The number of nitrogens with zero attached hydrogens (tertiary/aromatic N) is 1. The normalized spacial score (nSPS) is 13.0. The van der Waals surface area contributed by atoms with E-state index in [9.17, 15) is 4.79 Å². The second kappa shape index (κ2) is 4.81. The van der Waals surface area contributed by atoms with Crippen LogP contribution in [-0.4, -0.2) is 4.57 Å². The molecule has 3 aromatic rings. The Morgan fingerprint density at radius 1 is 1.37 bits per heavy atom. The second-order valence-electron chi connectivity index (χ2n) is 4.16. The lowest BCUT2D eigenvalue weighted by atomic mass is 10.1. The third kappa shape index (κ3) is 2.26. The SMILES string of the molecule is Cn1c(=O)oc2cc(C(Br)c3ccc(Cl)s3)ccc21. The van der Waals surface area contributed by atoms with Gasteiger partial charge in [0, 0.05) is 11.9 Å². The zero-order chi connectivity index (χ0) is 13.6. The maximum Gasteiger partial charge on any atom is 0.419 e. The molecule has 0 amide bonds. The fraction of sp³-hybridized carbons (Fsp3) is 0.154. The lowest BCUT2D eigenvalue weighted by Gasteiger charge is -2.07. The lowest BCUT2D eigenvalue weighted by molar-refractivity contribution is 0.528. The van der Waals surface area contributed by atoms with Crippen LogP contribution in [0.1, 0.15) is 15.3 Å². The Bertz CT molecular complexity index is 804. The van der Waals surface area contributed by atoms with Crippen LogP contribution >= 0.6 is 38.9 Å². The van der Waals surface area contributed by atoms with Crippen molar-refractivity contribution in [3.05, 3.63) is 55.7 Å². The zero-order valence-corrected chi connectivity index (χ0v) is 13.1. The first-order valence-corrected chi connectivity index (χ1v) is 7.66. The predicted octanol–water partition coefficient (Wildman–Crippen LogP) is 4.33. The summed E-state index contributed by atoms with van der Waals surface area (Å²) in [4.78, 5) is 12.6. The average Bonchev–Trinajstić information content (AvgIpc) is 2.94. The van der Waals surface area contributed by atoms with Crippen molar-refractivity contribution < 1.29 is 4.42 Å². The molecule has 98 valence electrons. The van der Waals surface area contributed by atoms with Gasteiger partial charge in [-0.1, -0.05) is 33.6 Å². The van der Waals surface area contributed by atoms with E-state index in [0.717, 1.165) is 20.3 Å². The van der Waals surface area contributed by atoms with Gasteiger partial charge >= 0.3 is 5.76 Å². The highest BCUT2D eigenvalue weighted by Crippen LogP contribution is 2.37. The molecule has 2 aromatic heterocycles. The van der Waals surface area contributed by atoms with Crippen molar-refractivity contribution in [3.63, 3.8) is 0 Å². The van der Waals surface area contributed by atoms with Gasteiger partial charge in [0.2, 0.25) is 0 Å². The quantitative estimate of drug-likeness (QED) is 0.639. The number of oxazole rings is 1. The van der Waals surface area contributed by atoms with E-state index in [1.807, 2.05) is 30.3 Å². The molecule has 3 rings (SSSR count). The van der Waals surface area contributed by atoms with Crippen LogP contribution in [0.4, 0.5) is 0 Å². The van der Waals surface area contributed by atoms with Crippen LogP contribution in [0.5, 0.6) is 0 Å². The second-order valence-corrected chi connectivity index (χ2v) is 6.82. The van der Waals surface area contributed by atoms with Crippen molar-refractivity contribution in [2.45, 2.75) is 4.83 Å². The molecule has 0 saturated heterocycles. The number of alkyl halides is 1. The Kier molecular flexibility index (Phi) is 3.28. The summed E-state index contributed by atoms with van der Waals surface area (Å²) in [5.74, 6) is -0.350. The van der Waals surface area contributed by atoms with E-state index in [-0.39, 0.29) is 10.6 Å². The van der Waals surface area contributed by atoms with Crippen LogP contribution in [0.2, 0.25) is 4.34 Å². The number of aromatic nitrogens is 1. The summed E-state index contributed by atoms with van der Waals surface area (Å²) >= 11 is 11.1. The molecule has 0 bridgehead atoms. The minimum atomic E-state index is -0.350. The Morgan fingerprint density at radius 2 is 2.16 bits per heavy atom. The maximum absolute atomic E-state index is 11.5. The van der Waals surface area contributed by atoms with E-state index in [1.165, 1.54) is 15.9 Å². The molecule has 0 spiro atoms. The highest BCUT2D eigenvalue weighted by atomic mass is 79.9. The Balaban J connectivity index is 2.08. The molecule has 1 atom stereocenters. The number of halogens is 2. The first-order chi connectivity index (χ1) is 9.06. The maximum atomic E-state index is 11.5. The van der Waals surface area contributed by atoms with Gasteiger partial charge in [-0.25, -0.2) is 4.79 Å². The molecule has 6 heteroatoms. The minimum Gasteiger partial charge on any atom is -0.408 e. The van der Waals surface area contributed by atoms with Crippen molar-refractivity contribution >= 4 is 50.0 Å². The van der Waals surface area contributed by atoms with Gasteiger partial charge in [0.1, 0.15) is 0 Å². The zero-order valence-electron chi connectivity index (χ0n) is 9.89. The first kappa shape index (κ1) is 13.0. The van der Waals surface area contributed by atoms with E-state index in [2.05, 4.69) is 15.9 Å². The summed E-state index contributed by atoms with van der Waals surface area (Å²) in [7, 11) is 1.69. The topological polar surface area (TPSA) is 35.1 Å². The average molecular weight is 359 g/mol. The molecule has 19 heavy (non-hydrogen) atoms. The van der Waals surface area contributed by atoms with Gasteiger partial charge in [0.25, 0.3) is 0 Å². The molecule has 3 nitrogen and oxygen atoms in total. The highest BCUT2D eigenvalue weighted by Gasteiger charge is 2.15. The molecule has 0 saturated carbocycles. The van der Waals surface area contributed by atoms with Crippen molar-refractivity contribution in [3.8, 4) is 0 Å². The molecule has 2 heterocycles. The van der Waals surface area contributed by atoms with Crippen molar-refractivity contribution in [2.24, 2.45) is 7.05 Å². The Morgan fingerprint density at radius 3 is 2.84 bits per heavy atom. The molecule has 0 aliphatic rings. The van der Waals surface area contributed by atoms with Crippen molar-refractivity contribution in [1.29, 1.82) is 0 Å². The Labute approximate surface area is 126 Å². The van der Waals surface area contributed by atoms with Gasteiger partial charge in [-0.05, 0) is 29.8 Å². The molecule has 0 fully saturated rings. The number of aryl methyl sites for hydroxylation is 1. The smallest absolute Gasteiger partial charge is 0.408 e. The van der Waals surface area contributed by atoms with E-state index in [1.54, 1.807) is 7.05 Å². The number of thiophene rings is 1. The molecule has 0 radical (unpaired) electrons. The number of fused-ring (bicyclic) bond motifs is 1. The molecule has 1 unspecified atom stereocenters. The molecule has 0 aliphatic heterocycles. The van der Waals surface area contributed by atoms with Gasteiger partial charge in [-0.15, -0.1) is 11.3 Å². The van der Waals surface area contributed by atoms with E-state index in [0.29, 0.717) is 5.58 Å². The van der Waals surface area contributed by atoms with E-state index >= 15 is 0 Å². The largest absolute Gasteiger partial charge is 0.419 e. The van der Waals surface area contributed by atoms with Crippen molar-refractivity contribution in [1.82, 2.24) is 4.57 Å². The van der Waals surface area contributed by atoms with Gasteiger partial charge < -0.3 is 4.42 Å². The summed E-state index contributed by atoms with van der Waals surface area (Å²) in [6, 6.07) is 9.60. The van der Waals surface area contributed by atoms with Crippen LogP contribution in [0.3, 0.4) is 0 Å². The van der Waals surface area contributed by atoms with Gasteiger partial charge in [0.05, 0.1) is 14.7 Å². The first-order valence-electron chi connectivity index (χ1n) is 5.55. The van der Waals surface area contributed by atoms with Crippen LogP contribution < -0.4 is 5.76 Å². The Hall–Kier alpha value is -1.04. The fourth-order valence-corrected chi connectivity index (χ4v) is 3.72. The van der Waals surface area contributed by atoms with Gasteiger partial charge in [-0.2, -0.15) is 0 Å². The third-order valence-corrected chi connectivity index (χ3v) is 5.57. The minimum absolute atomic E-state index is 0.0416. The number of benzene rings is 1. The molecule has 0 aliphatic carbocycles. The molecular weight excluding hydrogens is 350 g/mol. The van der Waals surface area contributed by atoms with E-state index in [4.69, 9.17) is 16.0 Å². The predicted molar refractivity (Wildman–Crippen MR) is 81.6 cm³/mol. The standard InChI is InChI=1S/C13H9BrClNO2S/c1-16-8-3-2-7(6-9(8)18-13(16)17)12(14)10-4-5-11(15)19-10/h2-6,12H,1H3. The number of hydrogen-bond acceptors (Lipinski definition) is 3. The van der Waals surface area contributed by atoms with Gasteiger partial charge in [0.15, 0.2) is 5.58 Å². The molecule has 0 N–H and O–H groups in total. The highest BCUT2D eigenvalue weighted by molar-refractivity contribution is 9.09. The molecule has 1 aromatic carbocycles. The van der Waals surface area contributed by atoms with Gasteiger partial charge in [-0.3, -0.25) is 4.57 Å². The van der Waals surface area contributed by atoms with E-state index < -0.39 is 0 Å². The summed E-state index contributed by atoms with van der Waals surface area (Å²) in [6.07, 6.45) is 0. The van der Waals surface area contributed by atoms with Crippen molar-refractivity contribution in [2.75, 3.05) is 0 Å². The molecular formula is C13H9BrClNO2S. The number of hydrogen-bond donors (Lipinski definition) is 0. The van der Waals surface area contributed by atoms with Crippen LogP contribution in [0.25, 0.3) is 11.1 Å². The van der Waals surface area contributed by atoms with Crippen LogP contribution in [0.15, 0.2) is 39.5 Å². The summed E-state index contributed by atoms with van der Waals surface area (Å²) in [5, 5.41) is 0. The number of rotatable bonds is 2.